The molecule has 2 N–H and O–H groups in total. The number of hydrogen-bond donors (Lipinski definition) is 2. The molecule has 1 heterocycles. The predicted octanol–water partition coefficient (Wildman–Crippen LogP) is 2.28. The SMILES string of the molecule is C=CCOC(=O)Nc1ncc(Br)cc1C(=O)O. The number of hydrogen-bond acceptors (Lipinski definition) is 4. The first-order chi connectivity index (χ1) is 8.04. The highest BCUT2D eigenvalue weighted by atomic mass is 79.9. The van der Waals surface area contributed by atoms with E-state index in [0.717, 1.165) is 0 Å². The lowest BCUT2D eigenvalue weighted by molar-refractivity contribution is 0.0697. The van der Waals surface area contributed by atoms with Crippen LogP contribution in [0.25, 0.3) is 0 Å². The number of carboxylic acid groups (broad SMARTS) is 1. The van der Waals surface area contributed by atoms with Crippen molar-refractivity contribution in [2.45, 2.75) is 0 Å². The second kappa shape index (κ2) is 6.00. The number of aromatic nitrogens is 1. The number of nitrogens with one attached hydrogen (secondary N) is 1. The van der Waals surface area contributed by atoms with Gasteiger partial charge in [0, 0.05) is 10.7 Å². The van der Waals surface area contributed by atoms with E-state index in [1.54, 1.807) is 0 Å². The molecule has 0 atom stereocenters. The average molecular weight is 301 g/mol. The molecule has 1 aromatic heterocycles. The largest absolute Gasteiger partial charge is 0.478 e. The Labute approximate surface area is 105 Å². The van der Waals surface area contributed by atoms with Gasteiger partial charge < -0.3 is 9.84 Å². The third-order valence-electron chi connectivity index (χ3n) is 1.64. The van der Waals surface area contributed by atoms with E-state index in [1.807, 2.05) is 0 Å². The Bertz CT molecular complexity index is 462. The number of carbonyl (C=O) groups excluding carboxylic acids is 1. The van der Waals surface area contributed by atoms with Crippen molar-refractivity contribution in [3.8, 4) is 0 Å². The van der Waals surface area contributed by atoms with Crippen molar-refractivity contribution in [1.82, 2.24) is 4.98 Å². The summed E-state index contributed by atoms with van der Waals surface area (Å²) in [5, 5.41) is 11.1. The van der Waals surface area contributed by atoms with Gasteiger partial charge >= 0.3 is 12.1 Å². The number of amides is 1. The van der Waals surface area contributed by atoms with E-state index in [1.165, 1.54) is 18.3 Å². The lowest BCUT2D eigenvalue weighted by Gasteiger charge is -2.07. The highest BCUT2D eigenvalue weighted by Gasteiger charge is 2.14. The van der Waals surface area contributed by atoms with Gasteiger partial charge in [0.1, 0.15) is 18.0 Å². The van der Waals surface area contributed by atoms with E-state index in [9.17, 15) is 9.59 Å². The van der Waals surface area contributed by atoms with Crippen molar-refractivity contribution in [3.05, 3.63) is 35.0 Å². The molecule has 0 bridgehead atoms. The van der Waals surface area contributed by atoms with E-state index < -0.39 is 12.1 Å². The smallest absolute Gasteiger partial charge is 0.413 e. The molecule has 0 aliphatic carbocycles. The Balaban J connectivity index is 2.86. The minimum absolute atomic E-state index is 0.0325. The minimum Gasteiger partial charge on any atom is -0.478 e. The lowest BCUT2D eigenvalue weighted by atomic mass is 10.2. The molecule has 0 radical (unpaired) electrons. The molecule has 0 saturated carbocycles. The number of carbonyl (C=O) groups is 2. The summed E-state index contributed by atoms with van der Waals surface area (Å²) in [5.41, 5.74) is -0.130. The van der Waals surface area contributed by atoms with Gasteiger partial charge in [-0.1, -0.05) is 12.7 Å². The summed E-state index contributed by atoms with van der Waals surface area (Å²) in [5.74, 6) is -1.27. The maximum Gasteiger partial charge on any atom is 0.413 e. The van der Waals surface area contributed by atoms with Crippen molar-refractivity contribution in [1.29, 1.82) is 0 Å². The van der Waals surface area contributed by atoms with Crippen LogP contribution in [0, 0.1) is 0 Å². The summed E-state index contributed by atoms with van der Waals surface area (Å²) in [6, 6.07) is 1.33. The Morgan fingerprint density at radius 3 is 2.94 bits per heavy atom. The molecule has 1 aromatic rings. The first-order valence-corrected chi connectivity index (χ1v) is 5.27. The summed E-state index contributed by atoms with van der Waals surface area (Å²) in [7, 11) is 0. The van der Waals surface area contributed by atoms with Gasteiger partial charge in [0.25, 0.3) is 0 Å². The first-order valence-electron chi connectivity index (χ1n) is 4.48. The van der Waals surface area contributed by atoms with Crippen molar-refractivity contribution >= 4 is 33.8 Å². The molecule has 7 heteroatoms. The number of aromatic carboxylic acids is 1. The molecule has 6 nitrogen and oxygen atoms in total. The van der Waals surface area contributed by atoms with Crippen LogP contribution < -0.4 is 5.32 Å². The Kier molecular flexibility index (Phi) is 4.65. The molecule has 1 amide bonds. The van der Waals surface area contributed by atoms with E-state index in [4.69, 9.17) is 5.11 Å². The van der Waals surface area contributed by atoms with Crippen LogP contribution in [0.5, 0.6) is 0 Å². The number of nitrogens with zero attached hydrogens (tertiary/aromatic N) is 1. The van der Waals surface area contributed by atoms with Gasteiger partial charge in [-0.25, -0.2) is 14.6 Å². The van der Waals surface area contributed by atoms with Crippen LogP contribution >= 0.6 is 15.9 Å². The van der Waals surface area contributed by atoms with Crippen LogP contribution in [-0.4, -0.2) is 28.8 Å². The van der Waals surface area contributed by atoms with E-state index >= 15 is 0 Å². The number of carboxylic acids is 1. The van der Waals surface area contributed by atoms with E-state index in [0.29, 0.717) is 4.47 Å². The fourth-order valence-electron chi connectivity index (χ4n) is 0.969. The highest BCUT2D eigenvalue weighted by molar-refractivity contribution is 9.10. The molecule has 90 valence electrons. The summed E-state index contributed by atoms with van der Waals surface area (Å²) in [6.45, 7) is 3.41. The summed E-state index contributed by atoms with van der Waals surface area (Å²) < 4.78 is 5.15. The zero-order valence-electron chi connectivity index (χ0n) is 8.64. The van der Waals surface area contributed by atoms with Gasteiger partial charge in [-0.05, 0) is 22.0 Å². The van der Waals surface area contributed by atoms with Crippen molar-refractivity contribution in [3.63, 3.8) is 0 Å². The first kappa shape index (κ1) is 13.2. The summed E-state index contributed by atoms with van der Waals surface area (Å²) in [4.78, 5) is 25.9. The van der Waals surface area contributed by atoms with Crippen LogP contribution in [0.15, 0.2) is 29.4 Å². The fourth-order valence-corrected chi connectivity index (χ4v) is 1.30. The van der Waals surface area contributed by atoms with E-state index in [2.05, 4.69) is 37.5 Å². The number of pyridine rings is 1. The second-order valence-corrected chi connectivity index (χ2v) is 3.78. The van der Waals surface area contributed by atoms with Gasteiger partial charge in [-0.2, -0.15) is 0 Å². The van der Waals surface area contributed by atoms with Crippen LogP contribution in [0.3, 0.4) is 0 Å². The molecule has 17 heavy (non-hydrogen) atoms. The predicted molar refractivity (Wildman–Crippen MR) is 64.1 cm³/mol. The van der Waals surface area contributed by atoms with E-state index in [-0.39, 0.29) is 18.0 Å². The average Bonchev–Trinajstić information content (AvgIpc) is 2.28. The normalized spacial score (nSPS) is 9.47. The molecule has 1 rings (SSSR count). The monoisotopic (exact) mass is 300 g/mol. The van der Waals surface area contributed by atoms with Crippen molar-refractivity contribution in [2.24, 2.45) is 0 Å². The zero-order chi connectivity index (χ0) is 12.8. The number of anilines is 1. The van der Waals surface area contributed by atoms with Crippen LogP contribution in [0.2, 0.25) is 0 Å². The van der Waals surface area contributed by atoms with Crippen LogP contribution in [0.4, 0.5) is 10.6 Å². The third-order valence-corrected chi connectivity index (χ3v) is 2.07. The standard InChI is InChI=1S/C10H9BrN2O4/c1-2-3-17-10(16)13-8-7(9(14)15)4-6(11)5-12-8/h2,4-5H,1,3H2,(H,14,15)(H,12,13,16). The fraction of sp³-hybridized carbons (Fsp3) is 0.100. The van der Waals surface area contributed by atoms with Gasteiger partial charge in [0.05, 0.1) is 0 Å². The van der Waals surface area contributed by atoms with Gasteiger partial charge in [0.15, 0.2) is 0 Å². The molecule has 0 aromatic carbocycles. The molecular formula is C10H9BrN2O4. The van der Waals surface area contributed by atoms with Gasteiger partial charge in [-0.15, -0.1) is 0 Å². The quantitative estimate of drug-likeness (QED) is 0.833. The highest BCUT2D eigenvalue weighted by Crippen LogP contribution is 2.18. The minimum atomic E-state index is -1.20. The molecule has 0 aliphatic rings. The molecule has 0 unspecified atom stereocenters. The Morgan fingerprint density at radius 2 is 2.35 bits per heavy atom. The number of ether oxygens (including phenoxy) is 1. The molecule has 0 fully saturated rings. The lowest BCUT2D eigenvalue weighted by Crippen LogP contribution is -2.17. The topological polar surface area (TPSA) is 88.5 Å². The maximum atomic E-state index is 11.2. The van der Waals surface area contributed by atoms with Crippen molar-refractivity contribution in [2.75, 3.05) is 11.9 Å². The number of rotatable bonds is 4. The maximum absolute atomic E-state index is 11.2. The number of halogens is 1. The van der Waals surface area contributed by atoms with Gasteiger partial charge in [-0.3, -0.25) is 5.32 Å². The molecular weight excluding hydrogens is 292 g/mol. The molecule has 0 saturated heterocycles. The molecule has 0 spiro atoms. The summed E-state index contributed by atoms with van der Waals surface area (Å²) >= 11 is 3.09. The van der Waals surface area contributed by atoms with Crippen molar-refractivity contribution < 1.29 is 19.4 Å². The van der Waals surface area contributed by atoms with Crippen LogP contribution in [0.1, 0.15) is 10.4 Å². The molecule has 0 aliphatic heterocycles. The Morgan fingerprint density at radius 1 is 1.65 bits per heavy atom. The second-order valence-electron chi connectivity index (χ2n) is 2.87. The summed E-state index contributed by atoms with van der Waals surface area (Å²) in [6.07, 6.45) is 1.98. The Hall–Kier alpha value is -1.89. The van der Waals surface area contributed by atoms with Gasteiger partial charge in [0.2, 0.25) is 0 Å². The zero-order valence-corrected chi connectivity index (χ0v) is 10.2. The third kappa shape index (κ3) is 3.87. The van der Waals surface area contributed by atoms with Crippen LogP contribution in [-0.2, 0) is 4.74 Å².